The zero-order chi connectivity index (χ0) is 13.0. The average Bonchev–Trinajstić information content (AvgIpc) is 2.64. The highest BCUT2D eigenvalue weighted by molar-refractivity contribution is 9.10. The molecule has 0 spiro atoms. The second-order valence-corrected chi connectivity index (χ2v) is 5.77. The molecule has 0 bridgehead atoms. The van der Waals surface area contributed by atoms with Gasteiger partial charge in [-0.1, -0.05) is 17.7 Å². The van der Waals surface area contributed by atoms with Gasteiger partial charge in [0.25, 0.3) is 0 Å². The molecule has 1 aliphatic heterocycles. The van der Waals surface area contributed by atoms with Crippen LogP contribution in [0.3, 0.4) is 0 Å². The zero-order valence-electron chi connectivity index (χ0n) is 10.2. The summed E-state index contributed by atoms with van der Waals surface area (Å²) in [7, 11) is 0. The molecule has 2 N–H and O–H groups in total. The summed E-state index contributed by atoms with van der Waals surface area (Å²) in [6.07, 6.45) is 1.12. The van der Waals surface area contributed by atoms with Gasteiger partial charge in [0.05, 0.1) is 17.7 Å². The van der Waals surface area contributed by atoms with Crippen LogP contribution in [0.15, 0.2) is 22.7 Å². The van der Waals surface area contributed by atoms with Crippen LogP contribution in [0.25, 0.3) is 0 Å². The maximum Gasteiger partial charge on any atom is 0.0628 e. The van der Waals surface area contributed by atoms with Crippen LogP contribution in [0.1, 0.15) is 18.0 Å². The molecule has 100 valence electrons. The highest BCUT2D eigenvalue weighted by atomic mass is 79.9. The second kappa shape index (κ2) is 6.87. The normalized spacial score (nSPS) is 19.5. The molecular weight excluding hydrogens is 316 g/mol. The standard InChI is InChI=1S/C13H18BrClN2O/c14-11-8-10(2-3-12(11)15)13(9-18)17-6-1-4-16-5-7-17/h2-3,8,13,16,18H,1,4-7,9H2. The van der Waals surface area contributed by atoms with E-state index in [-0.39, 0.29) is 12.6 Å². The van der Waals surface area contributed by atoms with Gasteiger partial charge in [-0.3, -0.25) is 4.90 Å². The number of hydrogen-bond acceptors (Lipinski definition) is 3. The quantitative estimate of drug-likeness (QED) is 0.892. The molecule has 5 heteroatoms. The monoisotopic (exact) mass is 332 g/mol. The second-order valence-electron chi connectivity index (χ2n) is 4.51. The Morgan fingerprint density at radius 2 is 2.22 bits per heavy atom. The minimum atomic E-state index is 0.0541. The van der Waals surface area contributed by atoms with E-state index in [2.05, 4.69) is 26.1 Å². The maximum atomic E-state index is 9.67. The first-order valence-corrected chi connectivity index (χ1v) is 7.40. The van der Waals surface area contributed by atoms with Crippen molar-refractivity contribution in [3.63, 3.8) is 0 Å². The maximum absolute atomic E-state index is 9.67. The van der Waals surface area contributed by atoms with Gasteiger partial charge in [-0.25, -0.2) is 0 Å². The van der Waals surface area contributed by atoms with Crippen LogP contribution in [0.2, 0.25) is 5.02 Å². The first-order valence-electron chi connectivity index (χ1n) is 6.23. The Morgan fingerprint density at radius 1 is 1.39 bits per heavy atom. The summed E-state index contributed by atoms with van der Waals surface area (Å²) < 4.78 is 0.882. The lowest BCUT2D eigenvalue weighted by Crippen LogP contribution is -2.34. The smallest absolute Gasteiger partial charge is 0.0628 e. The van der Waals surface area contributed by atoms with Gasteiger partial charge in [0.1, 0.15) is 0 Å². The lowest BCUT2D eigenvalue weighted by atomic mass is 10.1. The van der Waals surface area contributed by atoms with Crippen LogP contribution < -0.4 is 5.32 Å². The van der Waals surface area contributed by atoms with E-state index in [9.17, 15) is 5.11 Å². The van der Waals surface area contributed by atoms with E-state index in [4.69, 9.17) is 11.6 Å². The summed E-state index contributed by atoms with van der Waals surface area (Å²) in [5.74, 6) is 0. The summed E-state index contributed by atoms with van der Waals surface area (Å²) in [5.41, 5.74) is 1.11. The van der Waals surface area contributed by atoms with Crippen LogP contribution >= 0.6 is 27.5 Å². The fourth-order valence-corrected chi connectivity index (χ4v) is 2.84. The summed E-state index contributed by atoms with van der Waals surface area (Å²) in [6, 6.07) is 5.92. The van der Waals surface area contributed by atoms with Crippen molar-refractivity contribution in [2.75, 3.05) is 32.8 Å². The topological polar surface area (TPSA) is 35.5 Å². The number of nitrogens with zero attached hydrogens (tertiary/aromatic N) is 1. The number of aliphatic hydroxyl groups excluding tert-OH is 1. The number of halogens is 2. The van der Waals surface area contributed by atoms with Gasteiger partial charge in [0.15, 0.2) is 0 Å². The van der Waals surface area contributed by atoms with Crippen molar-refractivity contribution in [1.29, 1.82) is 0 Å². The summed E-state index contributed by atoms with van der Waals surface area (Å²) in [4.78, 5) is 2.33. The lowest BCUT2D eigenvalue weighted by Gasteiger charge is -2.29. The van der Waals surface area contributed by atoms with Crippen molar-refractivity contribution in [2.24, 2.45) is 0 Å². The molecule has 1 heterocycles. The van der Waals surface area contributed by atoms with E-state index < -0.39 is 0 Å². The fraction of sp³-hybridized carbons (Fsp3) is 0.538. The van der Waals surface area contributed by atoms with Crippen molar-refractivity contribution >= 4 is 27.5 Å². The predicted molar refractivity (Wildman–Crippen MR) is 78.0 cm³/mol. The summed E-state index contributed by atoms with van der Waals surface area (Å²) in [5, 5.41) is 13.7. The molecule has 1 aromatic carbocycles. The number of nitrogens with one attached hydrogen (secondary N) is 1. The molecule has 1 unspecified atom stereocenters. The Balaban J connectivity index is 2.17. The minimum absolute atomic E-state index is 0.0541. The average molecular weight is 334 g/mol. The van der Waals surface area contributed by atoms with E-state index in [1.807, 2.05) is 18.2 Å². The third-order valence-corrected chi connectivity index (χ3v) is 4.53. The van der Waals surface area contributed by atoms with Crippen molar-refractivity contribution in [3.8, 4) is 0 Å². The highest BCUT2D eigenvalue weighted by Gasteiger charge is 2.21. The highest BCUT2D eigenvalue weighted by Crippen LogP contribution is 2.28. The minimum Gasteiger partial charge on any atom is -0.394 e. The third-order valence-electron chi connectivity index (χ3n) is 3.32. The molecule has 0 aliphatic carbocycles. The SMILES string of the molecule is OCC(c1ccc(Cl)c(Br)c1)N1CCCNCC1. The van der Waals surface area contributed by atoms with Gasteiger partial charge < -0.3 is 10.4 Å². The van der Waals surface area contributed by atoms with E-state index in [1.54, 1.807) is 0 Å². The number of hydrogen-bond donors (Lipinski definition) is 2. The molecular formula is C13H18BrClN2O. The van der Waals surface area contributed by atoms with E-state index >= 15 is 0 Å². The Morgan fingerprint density at radius 3 is 2.94 bits per heavy atom. The Kier molecular flexibility index (Phi) is 5.45. The van der Waals surface area contributed by atoms with E-state index in [1.165, 1.54) is 0 Å². The van der Waals surface area contributed by atoms with Crippen LogP contribution in [0, 0.1) is 0 Å². The van der Waals surface area contributed by atoms with Gasteiger partial charge in [-0.2, -0.15) is 0 Å². The van der Waals surface area contributed by atoms with Gasteiger partial charge in [0.2, 0.25) is 0 Å². The van der Waals surface area contributed by atoms with E-state index in [0.717, 1.165) is 42.6 Å². The van der Waals surface area contributed by atoms with Crippen molar-refractivity contribution in [1.82, 2.24) is 10.2 Å². The van der Waals surface area contributed by atoms with Gasteiger partial charge in [-0.05, 0) is 46.6 Å². The van der Waals surface area contributed by atoms with Crippen molar-refractivity contribution in [2.45, 2.75) is 12.5 Å². The van der Waals surface area contributed by atoms with Gasteiger partial charge in [-0.15, -0.1) is 0 Å². The van der Waals surface area contributed by atoms with Crippen LogP contribution in [-0.2, 0) is 0 Å². The van der Waals surface area contributed by atoms with Crippen LogP contribution in [0.5, 0.6) is 0 Å². The molecule has 1 aliphatic rings. The first kappa shape index (κ1) is 14.3. The van der Waals surface area contributed by atoms with Gasteiger partial charge in [0, 0.05) is 24.1 Å². The van der Waals surface area contributed by atoms with Crippen LogP contribution in [0.4, 0.5) is 0 Å². The van der Waals surface area contributed by atoms with Crippen molar-refractivity contribution in [3.05, 3.63) is 33.3 Å². The molecule has 18 heavy (non-hydrogen) atoms. The lowest BCUT2D eigenvalue weighted by molar-refractivity contribution is 0.130. The largest absolute Gasteiger partial charge is 0.394 e. The number of rotatable bonds is 3. The Bertz CT molecular complexity index is 395. The number of aliphatic hydroxyl groups is 1. The molecule has 0 amide bonds. The molecule has 0 radical (unpaired) electrons. The molecule has 1 aromatic rings. The first-order chi connectivity index (χ1) is 8.72. The summed E-state index contributed by atoms with van der Waals surface area (Å²) in [6.45, 7) is 4.14. The summed E-state index contributed by atoms with van der Waals surface area (Å²) >= 11 is 9.45. The van der Waals surface area contributed by atoms with Crippen molar-refractivity contribution < 1.29 is 5.11 Å². The third kappa shape index (κ3) is 3.45. The molecule has 1 atom stereocenters. The zero-order valence-corrected chi connectivity index (χ0v) is 12.5. The molecule has 3 nitrogen and oxygen atoms in total. The Hall–Kier alpha value is -0.130. The van der Waals surface area contributed by atoms with E-state index in [0.29, 0.717) is 5.02 Å². The number of benzene rings is 1. The predicted octanol–water partition coefficient (Wildman–Crippen LogP) is 2.43. The van der Waals surface area contributed by atoms with Gasteiger partial charge >= 0.3 is 0 Å². The Labute approximate surface area is 121 Å². The molecule has 0 saturated carbocycles. The molecule has 1 saturated heterocycles. The molecule has 2 rings (SSSR count). The fourth-order valence-electron chi connectivity index (χ4n) is 2.33. The molecule has 0 aromatic heterocycles. The van der Waals surface area contributed by atoms with Crippen LogP contribution in [-0.4, -0.2) is 42.8 Å². The molecule has 1 fully saturated rings.